The van der Waals surface area contributed by atoms with Crippen LogP contribution in [0.25, 0.3) is 0 Å². The predicted molar refractivity (Wildman–Crippen MR) is 106 cm³/mol. The Morgan fingerprint density at radius 2 is 1.96 bits per heavy atom. The van der Waals surface area contributed by atoms with Crippen LogP contribution in [0.1, 0.15) is 42.9 Å². The summed E-state index contributed by atoms with van der Waals surface area (Å²) in [7, 11) is 0. The SMILES string of the molecule is Cc1cccc(C(C)C)c1NC(=O)C1CC(=O)N(c2ccccc2C#N)C1. The molecule has 1 aliphatic rings. The minimum absolute atomic E-state index is 0.133. The van der Waals surface area contributed by atoms with Crippen molar-refractivity contribution in [2.24, 2.45) is 5.92 Å². The van der Waals surface area contributed by atoms with Crippen LogP contribution in [0.2, 0.25) is 0 Å². The van der Waals surface area contributed by atoms with Crippen LogP contribution in [0.5, 0.6) is 0 Å². The number of nitrogens with zero attached hydrogens (tertiary/aromatic N) is 2. The van der Waals surface area contributed by atoms with E-state index in [9.17, 15) is 14.9 Å². The van der Waals surface area contributed by atoms with Crippen molar-refractivity contribution in [3.05, 3.63) is 59.2 Å². The third kappa shape index (κ3) is 3.70. The monoisotopic (exact) mass is 361 g/mol. The highest BCUT2D eigenvalue weighted by Gasteiger charge is 2.36. The van der Waals surface area contributed by atoms with Gasteiger partial charge in [0.25, 0.3) is 0 Å². The first-order chi connectivity index (χ1) is 12.9. The van der Waals surface area contributed by atoms with Crippen LogP contribution >= 0.6 is 0 Å². The molecular formula is C22H23N3O2. The van der Waals surface area contributed by atoms with E-state index in [4.69, 9.17) is 0 Å². The number of para-hydroxylation sites is 2. The quantitative estimate of drug-likeness (QED) is 0.895. The first-order valence-corrected chi connectivity index (χ1v) is 9.12. The summed E-state index contributed by atoms with van der Waals surface area (Å²) in [5.41, 5.74) is 3.93. The lowest BCUT2D eigenvalue weighted by Gasteiger charge is -2.19. The van der Waals surface area contributed by atoms with E-state index in [-0.39, 0.29) is 30.7 Å². The summed E-state index contributed by atoms with van der Waals surface area (Å²) < 4.78 is 0. The van der Waals surface area contributed by atoms with Crippen LogP contribution in [0.15, 0.2) is 42.5 Å². The molecule has 138 valence electrons. The summed E-state index contributed by atoms with van der Waals surface area (Å²) in [4.78, 5) is 26.9. The zero-order valence-corrected chi connectivity index (χ0v) is 15.8. The topological polar surface area (TPSA) is 73.2 Å². The molecule has 5 nitrogen and oxygen atoms in total. The number of hydrogen-bond acceptors (Lipinski definition) is 3. The van der Waals surface area contributed by atoms with Gasteiger partial charge in [0.2, 0.25) is 11.8 Å². The van der Waals surface area contributed by atoms with Gasteiger partial charge in [-0.1, -0.05) is 44.2 Å². The number of rotatable bonds is 4. The molecule has 2 aromatic rings. The maximum absolute atomic E-state index is 12.9. The number of benzene rings is 2. The maximum atomic E-state index is 12.9. The molecule has 1 unspecified atom stereocenters. The Hall–Kier alpha value is -3.13. The molecule has 1 N–H and O–H groups in total. The standard InChI is InChI=1S/C22H23N3O2/c1-14(2)18-9-6-7-15(3)21(18)24-22(27)17-11-20(26)25(13-17)19-10-5-4-8-16(19)12-23/h4-10,14,17H,11,13H2,1-3H3,(H,24,27). The molecule has 1 aliphatic heterocycles. The van der Waals surface area contributed by atoms with Gasteiger partial charge in [-0.3, -0.25) is 9.59 Å². The molecule has 1 atom stereocenters. The number of carbonyl (C=O) groups excluding carboxylic acids is 2. The third-order valence-corrected chi connectivity index (χ3v) is 4.99. The molecule has 2 aromatic carbocycles. The average Bonchev–Trinajstić information content (AvgIpc) is 3.04. The summed E-state index contributed by atoms with van der Waals surface area (Å²) in [5.74, 6) is -0.448. The van der Waals surface area contributed by atoms with Gasteiger partial charge in [-0.25, -0.2) is 0 Å². The van der Waals surface area contributed by atoms with Gasteiger partial charge in [-0.05, 0) is 36.1 Å². The first kappa shape index (κ1) is 18.7. The number of aryl methyl sites for hydroxylation is 1. The van der Waals surface area contributed by atoms with Crippen molar-refractivity contribution in [2.75, 3.05) is 16.8 Å². The van der Waals surface area contributed by atoms with Gasteiger partial charge in [-0.15, -0.1) is 0 Å². The van der Waals surface area contributed by atoms with Crippen LogP contribution in [-0.4, -0.2) is 18.4 Å². The molecule has 1 saturated heterocycles. The molecule has 1 heterocycles. The number of hydrogen-bond donors (Lipinski definition) is 1. The van der Waals surface area contributed by atoms with Gasteiger partial charge in [-0.2, -0.15) is 5.26 Å². The fraction of sp³-hybridized carbons (Fsp3) is 0.318. The Morgan fingerprint density at radius 1 is 1.22 bits per heavy atom. The van der Waals surface area contributed by atoms with E-state index in [1.165, 1.54) is 0 Å². The van der Waals surface area contributed by atoms with E-state index in [2.05, 4.69) is 25.2 Å². The number of anilines is 2. The van der Waals surface area contributed by atoms with Gasteiger partial charge in [0.15, 0.2) is 0 Å². The fourth-order valence-corrected chi connectivity index (χ4v) is 3.49. The lowest BCUT2D eigenvalue weighted by Crippen LogP contribution is -2.29. The summed E-state index contributed by atoms with van der Waals surface area (Å²) in [6, 6.07) is 15.1. The van der Waals surface area contributed by atoms with Crippen molar-refractivity contribution in [3.63, 3.8) is 0 Å². The van der Waals surface area contributed by atoms with E-state index >= 15 is 0 Å². The van der Waals surface area contributed by atoms with Crippen molar-refractivity contribution in [2.45, 2.75) is 33.1 Å². The van der Waals surface area contributed by atoms with Crippen molar-refractivity contribution in [3.8, 4) is 6.07 Å². The molecule has 5 heteroatoms. The predicted octanol–water partition coefficient (Wildman–Crippen LogP) is 3.98. The fourth-order valence-electron chi connectivity index (χ4n) is 3.49. The molecule has 0 aliphatic carbocycles. The highest BCUT2D eigenvalue weighted by atomic mass is 16.2. The van der Waals surface area contributed by atoms with Crippen LogP contribution in [0.3, 0.4) is 0 Å². The number of amides is 2. The molecule has 27 heavy (non-hydrogen) atoms. The molecule has 0 bridgehead atoms. The van der Waals surface area contributed by atoms with E-state index < -0.39 is 5.92 Å². The Balaban J connectivity index is 1.81. The zero-order chi connectivity index (χ0) is 19.6. The van der Waals surface area contributed by atoms with Gasteiger partial charge in [0.05, 0.1) is 17.2 Å². The van der Waals surface area contributed by atoms with Gasteiger partial charge in [0, 0.05) is 18.7 Å². The smallest absolute Gasteiger partial charge is 0.229 e. The van der Waals surface area contributed by atoms with E-state index in [1.54, 1.807) is 29.2 Å². The lowest BCUT2D eigenvalue weighted by molar-refractivity contribution is -0.122. The minimum atomic E-state index is -0.441. The lowest BCUT2D eigenvalue weighted by atomic mass is 9.97. The van der Waals surface area contributed by atoms with Crippen LogP contribution in [-0.2, 0) is 9.59 Å². The Kier molecular flexibility index (Phi) is 5.27. The highest BCUT2D eigenvalue weighted by molar-refractivity contribution is 6.04. The Bertz CT molecular complexity index is 927. The van der Waals surface area contributed by atoms with Gasteiger partial charge >= 0.3 is 0 Å². The number of carbonyl (C=O) groups is 2. The zero-order valence-electron chi connectivity index (χ0n) is 15.8. The maximum Gasteiger partial charge on any atom is 0.229 e. The molecule has 3 rings (SSSR count). The first-order valence-electron chi connectivity index (χ1n) is 9.12. The largest absolute Gasteiger partial charge is 0.325 e. The second kappa shape index (κ2) is 7.63. The summed E-state index contributed by atoms with van der Waals surface area (Å²) >= 11 is 0. The van der Waals surface area contributed by atoms with Crippen molar-refractivity contribution in [1.29, 1.82) is 5.26 Å². The van der Waals surface area contributed by atoms with Gasteiger partial charge in [0.1, 0.15) is 6.07 Å². The van der Waals surface area contributed by atoms with Gasteiger partial charge < -0.3 is 10.2 Å². The van der Waals surface area contributed by atoms with Crippen LogP contribution in [0, 0.1) is 24.2 Å². The second-order valence-corrected chi connectivity index (χ2v) is 7.22. The highest BCUT2D eigenvalue weighted by Crippen LogP contribution is 2.31. The van der Waals surface area contributed by atoms with Crippen molar-refractivity contribution < 1.29 is 9.59 Å². The van der Waals surface area contributed by atoms with E-state index in [0.717, 1.165) is 16.8 Å². The average molecular weight is 361 g/mol. The van der Waals surface area contributed by atoms with E-state index in [1.807, 2.05) is 25.1 Å². The van der Waals surface area contributed by atoms with E-state index in [0.29, 0.717) is 11.3 Å². The molecular weight excluding hydrogens is 338 g/mol. The summed E-state index contributed by atoms with van der Waals surface area (Å²) in [6.07, 6.45) is 0.147. The Morgan fingerprint density at radius 3 is 2.67 bits per heavy atom. The molecule has 0 spiro atoms. The van der Waals surface area contributed by atoms with Crippen molar-refractivity contribution >= 4 is 23.2 Å². The van der Waals surface area contributed by atoms with Crippen molar-refractivity contribution in [1.82, 2.24) is 0 Å². The van der Waals surface area contributed by atoms with Crippen LogP contribution in [0.4, 0.5) is 11.4 Å². The number of nitriles is 1. The third-order valence-electron chi connectivity index (χ3n) is 4.99. The molecule has 0 saturated carbocycles. The molecule has 0 aromatic heterocycles. The van der Waals surface area contributed by atoms with Crippen LogP contribution < -0.4 is 10.2 Å². The summed E-state index contributed by atoms with van der Waals surface area (Å²) in [5, 5.41) is 12.3. The molecule has 2 amide bonds. The molecule has 0 radical (unpaired) electrons. The molecule has 1 fully saturated rings. The minimum Gasteiger partial charge on any atom is -0.325 e. The normalized spacial score (nSPS) is 16.5. The second-order valence-electron chi connectivity index (χ2n) is 7.22. The summed E-state index contributed by atoms with van der Waals surface area (Å²) in [6.45, 7) is 6.43. The number of nitrogens with one attached hydrogen (secondary N) is 1. The Labute approximate surface area is 159 Å².